The number of ether oxygens (including phenoxy) is 1. The Morgan fingerprint density at radius 2 is 2.09 bits per heavy atom. The molecule has 0 unspecified atom stereocenters. The van der Waals surface area contributed by atoms with Crippen LogP contribution in [-0.2, 0) is 14.3 Å². The maximum absolute atomic E-state index is 12.2. The highest BCUT2D eigenvalue weighted by Crippen LogP contribution is 2.21. The number of nitrogens with one attached hydrogen (secondary N) is 2. The summed E-state index contributed by atoms with van der Waals surface area (Å²) in [4.78, 5) is 25.7. The van der Waals surface area contributed by atoms with E-state index in [0.717, 1.165) is 18.5 Å². The van der Waals surface area contributed by atoms with Crippen LogP contribution < -0.4 is 21.3 Å². The van der Waals surface area contributed by atoms with E-state index in [1.165, 1.54) is 0 Å². The SMILES string of the molecule is NC[C@@H](NC1CC1)C(=O)Nc1ccc(N2CCOCC2=O)cc1. The smallest absolute Gasteiger partial charge is 0.253 e. The van der Waals surface area contributed by atoms with Gasteiger partial charge in [0, 0.05) is 30.5 Å². The van der Waals surface area contributed by atoms with Gasteiger partial charge in [-0.1, -0.05) is 0 Å². The van der Waals surface area contributed by atoms with Gasteiger partial charge in [-0.05, 0) is 37.1 Å². The van der Waals surface area contributed by atoms with Gasteiger partial charge in [-0.25, -0.2) is 0 Å². The highest BCUT2D eigenvalue weighted by molar-refractivity contribution is 5.97. The van der Waals surface area contributed by atoms with Gasteiger partial charge >= 0.3 is 0 Å². The van der Waals surface area contributed by atoms with Crippen LogP contribution in [0.25, 0.3) is 0 Å². The van der Waals surface area contributed by atoms with Crippen LogP contribution in [0.5, 0.6) is 0 Å². The first-order valence-electron chi connectivity index (χ1n) is 7.92. The number of anilines is 2. The highest BCUT2D eigenvalue weighted by atomic mass is 16.5. The molecule has 2 amide bonds. The molecule has 0 radical (unpaired) electrons. The average Bonchev–Trinajstić information content (AvgIpc) is 3.38. The van der Waals surface area contributed by atoms with Crippen LogP contribution in [0.2, 0.25) is 0 Å². The molecule has 0 bridgehead atoms. The first kappa shape index (κ1) is 15.9. The summed E-state index contributed by atoms with van der Waals surface area (Å²) in [5, 5.41) is 6.08. The molecule has 124 valence electrons. The van der Waals surface area contributed by atoms with Gasteiger partial charge < -0.3 is 26.0 Å². The number of carbonyl (C=O) groups excluding carboxylic acids is 2. The summed E-state index contributed by atoms with van der Waals surface area (Å²) >= 11 is 0. The van der Waals surface area contributed by atoms with Crippen molar-refractivity contribution in [1.29, 1.82) is 0 Å². The second kappa shape index (κ2) is 7.08. The third kappa shape index (κ3) is 4.07. The Balaban J connectivity index is 1.60. The number of hydrogen-bond donors (Lipinski definition) is 3. The second-order valence-corrected chi connectivity index (χ2v) is 5.86. The van der Waals surface area contributed by atoms with Crippen molar-refractivity contribution in [3.05, 3.63) is 24.3 Å². The standard InChI is InChI=1S/C16H22N4O3/c17-9-14(18-11-1-2-11)16(22)19-12-3-5-13(6-4-12)20-7-8-23-10-15(20)21/h3-6,11,14,18H,1-2,7-10,17H2,(H,19,22)/t14-/m1/s1. The van der Waals surface area contributed by atoms with Gasteiger partial charge in [0.1, 0.15) is 6.61 Å². The zero-order chi connectivity index (χ0) is 16.2. The van der Waals surface area contributed by atoms with E-state index in [9.17, 15) is 9.59 Å². The molecule has 1 saturated carbocycles. The fourth-order valence-corrected chi connectivity index (χ4v) is 2.53. The first-order valence-corrected chi connectivity index (χ1v) is 7.92. The number of amides is 2. The van der Waals surface area contributed by atoms with Gasteiger partial charge in [0.25, 0.3) is 5.91 Å². The number of benzene rings is 1. The minimum absolute atomic E-state index is 0.0511. The van der Waals surface area contributed by atoms with Crippen LogP contribution in [0.4, 0.5) is 11.4 Å². The predicted molar refractivity (Wildman–Crippen MR) is 87.2 cm³/mol. The number of carbonyl (C=O) groups is 2. The fourth-order valence-electron chi connectivity index (χ4n) is 2.53. The van der Waals surface area contributed by atoms with Crippen LogP contribution in [0, 0.1) is 0 Å². The number of nitrogens with two attached hydrogens (primary N) is 1. The molecular weight excluding hydrogens is 296 g/mol. The van der Waals surface area contributed by atoms with E-state index in [4.69, 9.17) is 10.5 Å². The highest BCUT2D eigenvalue weighted by Gasteiger charge is 2.27. The molecule has 0 spiro atoms. The van der Waals surface area contributed by atoms with Crippen LogP contribution in [-0.4, -0.2) is 50.2 Å². The summed E-state index contributed by atoms with van der Waals surface area (Å²) in [6.07, 6.45) is 2.21. The normalized spacial score (nSPS) is 19.5. The Morgan fingerprint density at radius 3 is 2.70 bits per heavy atom. The predicted octanol–water partition coefficient (Wildman–Crippen LogP) is 0.0676. The topological polar surface area (TPSA) is 96.7 Å². The van der Waals surface area contributed by atoms with Crippen LogP contribution >= 0.6 is 0 Å². The van der Waals surface area contributed by atoms with Gasteiger partial charge in [-0.3, -0.25) is 9.59 Å². The minimum atomic E-state index is -0.372. The van der Waals surface area contributed by atoms with E-state index in [0.29, 0.717) is 24.9 Å². The fraction of sp³-hybridized carbons (Fsp3) is 0.500. The Morgan fingerprint density at radius 1 is 1.35 bits per heavy atom. The molecule has 7 nitrogen and oxygen atoms in total. The van der Waals surface area contributed by atoms with Gasteiger partial charge in [0.05, 0.1) is 12.6 Å². The lowest BCUT2D eigenvalue weighted by molar-refractivity contribution is -0.125. The summed E-state index contributed by atoms with van der Waals surface area (Å²) in [5.41, 5.74) is 7.16. The lowest BCUT2D eigenvalue weighted by atomic mass is 10.2. The largest absolute Gasteiger partial charge is 0.370 e. The second-order valence-electron chi connectivity index (χ2n) is 5.86. The molecule has 4 N–H and O–H groups in total. The van der Waals surface area contributed by atoms with Gasteiger partial charge in [0.15, 0.2) is 0 Å². The average molecular weight is 318 g/mol. The quantitative estimate of drug-likeness (QED) is 0.689. The van der Waals surface area contributed by atoms with Crippen LogP contribution in [0.1, 0.15) is 12.8 Å². The Kier molecular flexibility index (Phi) is 4.90. The Labute approximate surface area is 135 Å². The Bertz CT molecular complexity index is 571. The molecule has 0 aromatic heterocycles. The molecule has 1 heterocycles. The summed E-state index contributed by atoms with van der Waals surface area (Å²) in [6.45, 7) is 1.46. The molecule has 7 heteroatoms. The summed E-state index contributed by atoms with van der Waals surface area (Å²) in [7, 11) is 0. The van der Waals surface area contributed by atoms with Crippen molar-refractivity contribution >= 4 is 23.2 Å². The van der Waals surface area contributed by atoms with Crippen molar-refractivity contribution in [3.8, 4) is 0 Å². The molecule has 1 aliphatic carbocycles. The van der Waals surface area contributed by atoms with E-state index in [2.05, 4.69) is 10.6 Å². The molecule has 1 saturated heterocycles. The maximum atomic E-state index is 12.2. The van der Waals surface area contributed by atoms with Crippen LogP contribution in [0.3, 0.4) is 0 Å². The Hall–Kier alpha value is -1.96. The summed E-state index contributed by atoms with van der Waals surface area (Å²) in [5.74, 6) is -0.181. The molecule has 1 aromatic rings. The molecule has 2 aliphatic rings. The lowest BCUT2D eigenvalue weighted by Crippen LogP contribution is -2.46. The van der Waals surface area contributed by atoms with Gasteiger partial charge in [0.2, 0.25) is 5.91 Å². The lowest BCUT2D eigenvalue weighted by Gasteiger charge is -2.27. The third-order valence-corrected chi connectivity index (χ3v) is 4.00. The zero-order valence-corrected chi connectivity index (χ0v) is 13.0. The molecule has 1 aliphatic heterocycles. The van der Waals surface area contributed by atoms with E-state index in [1.807, 2.05) is 12.1 Å². The molecular formula is C16H22N4O3. The molecule has 23 heavy (non-hydrogen) atoms. The monoisotopic (exact) mass is 318 g/mol. The van der Waals surface area contributed by atoms with E-state index in [-0.39, 0.29) is 31.0 Å². The van der Waals surface area contributed by atoms with Crippen molar-refractivity contribution in [2.75, 3.05) is 36.5 Å². The number of nitrogens with zero attached hydrogens (tertiary/aromatic N) is 1. The number of hydrogen-bond acceptors (Lipinski definition) is 5. The van der Waals surface area contributed by atoms with Crippen molar-refractivity contribution in [2.45, 2.75) is 24.9 Å². The van der Waals surface area contributed by atoms with Crippen molar-refractivity contribution in [1.82, 2.24) is 5.32 Å². The minimum Gasteiger partial charge on any atom is -0.370 e. The van der Waals surface area contributed by atoms with E-state index < -0.39 is 0 Å². The van der Waals surface area contributed by atoms with Gasteiger partial charge in [-0.2, -0.15) is 0 Å². The molecule has 1 atom stereocenters. The van der Waals surface area contributed by atoms with Crippen LogP contribution in [0.15, 0.2) is 24.3 Å². The van der Waals surface area contributed by atoms with Gasteiger partial charge in [-0.15, -0.1) is 0 Å². The van der Waals surface area contributed by atoms with Crippen molar-refractivity contribution in [2.24, 2.45) is 5.73 Å². The number of morpholine rings is 1. The van der Waals surface area contributed by atoms with Crippen molar-refractivity contribution < 1.29 is 14.3 Å². The molecule has 2 fully saturated rings. The van der Waals surface area contributed by atoms with E-state index in [1.54, 1.807) is 17.0 Å². The number of rotatable bonds is 6. The summed E-state index contributed by atoms with van der Waals surface area (Å²) in [6, 6.07) is 7.28. The zero-order valence-electron chi connectivity index (χ0n) is 13.0. The van der Waals surface area contributed by atoms with Crippen molar-refractivity contribution in [3.63, 3.8) is 0 Å². The molecule has 3 rings (SSSR count). The first-order chi connectivity index (χ1) is 11.2. The molecule has 1 aromatic carbocycles. The summed E-state index contributed by atoms with van der Waals surface area (Å²) < 4.78 is 5.12. The van der Waals surface area contributed by atoms with E-state index >= 15 is 0 Å². The maximum Gasteiger partial charge on any atom is 0.253 e. The third-order valence-electron chi connectivity index (χ3n) is 4.00.